The van der Waals surface area contributed by atoms with Crippen molar-refractivity contribution in [2.24, 2.45) is 0 Å². The molecule has 1 aliphatic rings. The van der Waals surface area contributed by atoms with Gasteiger partial charge >= 0.3 is 0 Å². The Morgan fingerprint density at radius 1 is 1.31 bits per heavy atom. The molecule has 0 saturated heterocycles. The first kappa shape index (κ1) is 9.50. The van der Waals surface area contributed by atoms with Gasteiger partial charge in [0.25, 0.3) is 0 Å². The maximum atomic E-state index is 9.80. The van der Waals surface area contributed by atoms with Gasteiger partial charge in [-0.2, -0.15) is 0 Å². The molecule has 0 unspecified atom stereocenters. The molecule has 13 heavy (non-hydrogen) atoms. The molecule has 1 fully saturated rings. The van der Waals surface area contributed by atoms with Crippen LogP contribution in [0.3, 0.4) is 0 Å². The van der Waals surface area contributed by atoms with Crippen molar-refractivity contribution in [3.8, 4) is 0 Å². The van der Waals surface area contributed by atoms with Gasteiger partial charge in [0.15, 0.2) is 0 Å². The zero-order chi connectivity index (χ0) is 9.26. The lowest BCUT2D eigenvalue weighted by Gasteiger charge is -2.26. The fourth-order valence-electron chi connectivity index (χ4n) is 1.97. The van der Waals surface area contributed by atoms with E-state index in [2.05, 4.69) is 0 Å². The normalized spacial score (nSPS) is 29.1. The third-order valence-electron chi connectivity index (χ3n) is 2.69. The Morgan fingerprint density at radius 2 is 2.08 bits per heavy atom. The van der Waals surface area contributed by atoms with Crippen molar-refractivity contribution in [1.29, 1.82) is 0 Å². The van der Waals surface area contributed by atoms with Crippen molar-refractivity contribution in [3.63, 3.8) is 0 Å². The van der Waals surface area contributed by atoms with Crippen LogP contribution < -0.4 is 0 Å². The molecule has 1 aliphatic carbocycles. The van der Waals surface area contributed by atoms with Crippen LogP contribution in [0.2, 0.25) is 4.34 Å². The SMILES string of the molecule is O[C@@H]1CCCC[C@H]1c1ccc(Cl)s1. The standard InChI is InChI=1S/C10H13ClOS/c11-10-6-5-9(13-10)7-3-1-2-4-8(7)12/h5-8,12H,1-4H2/t7-,8-/m1/s1. The van der Waals surface area contributed by atoms with Crippen LogP contribution in [-0.2, 0) is 0 Å². The summed E-state index contributed by atoms with van der Waals surface area (Å²) in [6, 6.07) is 3.97. The highest BCUT2D eigenvalue weighted by atomic mass is 35.5. The number of hydrogen-bond donors (Lipinski definition) is 1. The lowest BCUT2D eigenvalue weighted by Crippen LogP contribution is -2.21. The number of aliphatic hydroxyl groups excluding tert-OH is 1. The second-order valence-corrected chi connectivity index (χ2v) is 5.35. The van der Waals surface area contributed by atoms with Crippen LogP contribution in [0.4, 0.5) is 0 Å². The first-order valence-electron chi connectivity index (χ1n) is 4.70. The van der Waals surface area contributed by atoms with Crippen LogP contribution >= 0.6 is 22.9 Å². The Balaban J connectivity index is 2.14. The summed E-state index contributed by atoms with van der Waals surface area (Å²) in [5.74, 6) is 0.339. The molecule has 1 saturated carbocycles. The molecule has 1 aromatic rings. The van der Waals surface area contributed by atoms with Crippen LogP contribution in [-0.4, -0.2) is 11.2 Å². The van der Waals surface area contributed by atoms with E-state index in [1.165, 1.54) is 11.3 Å². The average Bonchev–Trinajstić information content (AvgIpc) is 2.53. The lowest BCUT2D eigenvalue weighted by molar-refractivity contribution is 0.107. The molecule has 0 radical (unpaired) electrons. The second kappa shape index (κ2) is 3.99. The van der Waals surface area contributed by atoms with Crippen molar-refractivity contribution >= 4 is 22.9 Å². The summed E-state index contributed by atoms with van der Waals surface area (Å²) < 4.78 is 0.827. The molecule has 2 atom stereocenters. The molecule has 72 valence electrons. The molecule has 0 aromatic carbocycles. The molecule has 1 N–H and O–H groups in total. The van der Waals surface area contributed by atoms with Gasteiger partial charge in [0.2, 0.25) is 0 Å². The third kappa shape index (κ3) is 2.06. The summed E-state index contributed by atoms with van der Waals surface area (Å²) in [5, 5.41) is 9.80. The maximum Gasteiger partial charge on any atom is 0.0931 e. The number of rotatable bonds is 1. The summed E-state index contributed by atoms with van der Waals surface area (Å²) in [4.78, 5) is 1.25. The molecule has 2 rings (SSSR count). The van der Waals surface area contributed by atoms with Crippen LogP contribution in [0.15, 0.2) is 12.1 Å². The predicted octanol–water partition coefficient (Wildman–Crippen LogP) is 3.42. The number of aliphatic hydroxyl groups is 1. The molecule has 0 aliphatic heterocycles. The average molecular weight is 217 g/mol. The lowest BCUT2D eigenvalue weighted by atomic mass is 9.86. The Kier molecular flexibility index (Phi) is 2.92. The molecular weight excluding hydrogens is 204 g/mol. The molecule has 0 bridgehead atoms. The molecule has 3 heteroatoms. The van der Waals surface area contributed by atoms with E-state index in [0.717, 1.165) is 23.6 Å². The summed E-state index contributed by atoms with van der Waals surface area (Å²) >= 11 is 7.47. The first-order chi connectivity index (χ1) is 6.27. The monoisotopic (exact) mass is 216 g/mol. The Bertz CT molecular complexity index is 284. The van der Waals surface area contributed by atoms with Crippen LogP contribution in [0, 0.1) is 0 Å². The van der Waals surface area contributed by atoms with Gasteiger partial charge in [0.05, 0.1) is 10.4 Å². The second-order valence-electron chi connectivity index (χ2n) is 3.60. The topological polar surface area (TPSA) is 20.2 Å². The Morgan fingerprint density at radius 3 is 2.69 bits per heavy atom. The zero-order valence-corrected chi connectivity index (χ0v) is 8.94. The maximum absolute atomic E-state index is 9.80. The largest absolute Gasteiger partial charge is 0.392 e. The van der Waals surface area contributed by atoms with E-state index < -0.39 is 0 Å². The van der Waals surface area contributed by atoms with Gasteiger partial charge in [0, 0.05) is 10.8 Å². The van der Waals surface area contributed by atoms with E-state index in [9.17, 15) is 5.11 Å². The molecule has 0 amide bonds. The summed E-state index contributed by atoms with van der Waals surface area (Å²) in [5.41, 5.74) is 0. The van der Waals surface area contributed by atoms with E-state index in [1.807, 2.05) is 12.1 Å². The van der Waals surface area contributed by atoms with E-state index in [4.69, 9.17) is 11.6 Å². The van der Waals surface area contributed by atoms with Crippen LogP contribution in [0.25, 0.3) is 0 Å². The molecule has 1 heterocycles. The Hall–Kier alpha value is -0.0500. The first-order valence-corrected chi connectivity index (χ1v) is 5.90. The van der Waals surface area contributed by atoms with E-state index in [1.54, 1.807) is 11.3 Å². The van der Waals surface area contributed by atoms with Gasteiger partial charge < -0.3 is 5.11 Å². The molecular formula is C10H13ClOS. The van der Waals surface area contributed by atoms with Gasteiger partial charge in [-0.25, -0.2) is 0 Å². The van der Waals surface area contributed by atoms with Gasteiger partial charge in [-0.1, -0.05) is 24.4 Å². The minimum atomic E-state index is -0.150. The third-order valence-corrected chi connectivity index (χ3v) is 4.05. The van der Waals surface area contributed by atoms with Gasteiger partial charge in [-0.15, -0.1) is 11.3 Å². The number of thiophene rings is 1. The summed E-state index contributed by atoms with van der Waals surface area (Å²) in [6.07, 6.45) is 4.30. The summed E-state index contributed by atoms with van der Waals surface area (Å²) in [6.45, 7) is 0. The highest BCUT2D eigenvalue weighted by molar-refractivity contribution is 7.16. The summed E-state index contributed by atoms with van der Waals surface area (Å²) in [7, 11) is 0. The minimum Gasteiger partial charge on any atom is -0.392 e. The van der Waals surface area contributed by atoms with Gasteiger partial charge in [0.1, 0.15) is 0 Å². The number of hydrogen-bond acceptors (Lipinski definition) is 2. The quantitative estimate of drug-likeness (QED) is 0.763. The molecule has 1 aromatic heterocycles. The van der Waals surface area contributed by atoms with Gasteiger partial charge in [-0.05, 0) is 25.0 Å². The highest BCUT2D eigenvalue weighted by Crippen LogP contribution is 2.37. The van der Waals surface area contributed by atoms with Gasteiger partial charge in [-0.3, -0.25) is 0 Å². The predicted molar refractivity (Wildman–Crippen MR) is 56.5 cm³/mol. The van der Waals surface area contributed by atoms with Crippen molar-refractivity contribution in [2.75, 3.05) is 0 Å². The Labute approximate surface area is 87.4 Å². The highest BCUT2D eigenvalue weighted by Gasteiger charge is 2.25. The smallest absolute Gasteiger partial charge is 0.0931 e. The zero-order valence-electron chi connectivity index (χ0n) is 7.37. The minimum absolute atomic E-state index is 0.150. The van der Waals surface area contributed by atoms with E-state index in [0.29, 0.717) is 5.92 Å². The van der Waals surface area contributed by atoms with Crippen LogP contribution in [0.1, 0.15) is 36.5 Å². The van der Waals surface area contributed by atoms with Crippen LogP contribution in [0.5, 0.6) is 0 Å². The van der Waals surface area contributed by atoms with E-state index in [-0.39, 0.29) is 6.10 Å². The van der Waals surface area contributed by atoms with E-state index >= 15 is 0 Å². The van der Waals surface area contributed by atoms with Crippen molar-refractivity contribution in [3.05, 3.63) is 21.3 Å². The fraction of sp³-hybridized carbons (Fsp3) is 0.600. The number of halogens is 1. The fourth-order valence-corrected chi connectivity index (χ4v) is 3.22. The van der Waals surface area contributed by atoms with Crippen molar-refractivity contribution < 1.29 is 5.11 Å². The van der Waals surface area contributed by atoms with Crippen molar-refractivity contribution in [2.45, 2.75) is 37.7 Å². The molecule has 0 spiro atoms. The van der Waals surface area contributed by atoms with Crippen molar-refractivity contribution in [1.82, 2.24) is 0 Å². The molecule has 1 nitrogen and oxygen atoms in total.